The second-order valence-corrected chi connectivity index (χ2v) is 8.02. The topological polar surface area (TPSA) is 85.1 Å². The van der Waals surface area contributed by atoms with Gasteiger partial charge in [-0.15, -0.1) is 0 Å². The number of benzene rings is 1. The molecule has 10 heteroatoms. The molecule has 0 amide bonds. The van der Waals surface area contributed by atoms with E-state index >= 15 is 0 Å². The molecule has 1 atom stereocenters. The van der Waals surface area contributed by atoms with Crippen molar-refractivity contribution < 1.29 is 12.8 Å². The Labute approximate surface area is 151 Å². The molecule has 0 radical (unpaired) electrons. The lowest BCUT2D eigenvalue weighted by atomic mass is 10.1. The van der Waals surface area contributed by atoms with Gasteiger partial charge in [0.25, 0.3) is 0 Å². The van der Waals surface area contributed by atoms with Crippen LogP contribution in [-0.4, -0.2) is 13.4 Å². The third kappa shape index (κ3) is 3.95. The van der Waals surface area contributed by atoms with Crippen LogP contribution in [0.5, 0.6) is 0 Å². The Balaban J connectivity index is 2.42. The van der Waals surface area contributed by atoms with Gasteiger partial charge in [-0.1, -0.05) is 23.2 Å². The molecule has 1 heterocycles. The number of aromatic nitrogens is 1. The molecule has 124 valence electrons. The van der Waals surface area contributed by atoms with Crippen LogP contribution in [-0.2, 0) is 10.0 Å². The molecule has 23 heavy (non-hydrogen) atoms. The lowest BCUT2D eigenvalue weighted by Gasteiger charge is -2.18. The molecule has 0 aliphatic heterocycles. The van der Waals surface area contributed by atoms with Gasteiger partial charge in [-0.05, 0) is 41.1 Å². The first kappa shape index (κ1) is 18.4. The second-order valence-electron chi connectivity index (χ2n) is 4.64. The van der Waals surface area contributed by atoms with E-state index in [2.05, 4.69) is 25.6 Å². The van der Waals surface area contributed by atoms with Crippen molar-refractivity contribution in [2.45, 2.75) is 17.9 Å². The molecule has 0 bridgehead atoms. The van der Waals surface area contributed by atoms with Crippen molar-refractivity contribution in [3.8, 4) is 0 Å². The molecule has 3 N–H and O–H groups in total. The molecule has 0 spiro atoms. The average molecular weight is 443 g/mol. The molecule has 1 aromatic carbocycles. The van der Waals surface area contributed by atoms with Gasteiger partial charge in [0.05, 0.1) is 5.02 Å². The summed E-state index contributed by atoms with van der Waals surface area (Å²) in [7, 11) is -4.01. The average Bonchev–Trinajstić information content (AvgIpc) is 2.45. The van der Waals surface area contributed by atoms with E-state index in [9.17, 15) is 12.8 Å². The highest BCUT2D eigenvalue weighted by molar-refractivity contribution is 9.10. The van der Waals surface area contributed by atoms with Gasteiger partial charge in [-0.25, -0.2) is 22.5 Å². The molecule has 1 unspecified atom stereocenters. The molecule has 0 saturated carbocycles. The van der Waals surface area contributed by atoms with Gasteiger partial charge < -0.3 is 5.73 Å². The van der Waals surface area contributed by atoms with Gasteiger partial charge in [0, 0.05) is 27.3 Å². The van der Waals surface area contributed by atoms with Crippen LogP contribution in [0.15, 0.2) is 33.8 Å². The number of hydrogen-bond acceptors (Lipinski definition) is 4. The van der Waals surface area contributed by atoms with E-state index in [1.165, 1.54) is 25.3 Å². The molecule has 0 saturated heterocycles. The highest BCUT2D eigenvalue weighted by atomic mass is 79.9. The summed E-state index contributed by atoms with van der Waals surface area (Å²) in [4.78, 5) is 3.57. The maximum absolute atomic E-state index is 13.6. The van der Waals surface area contributed by atoms with Crippen molar-refractivity contribution in [2.75, 3.05) is 5.73 Å². The fourth-order valence-corrected chi connectivity index (χ4v) is 4.44. The van der Waals surface area contributed by atoms with Crippen molar-refractivity contribution in [2.24, 2.45) is 0 Å². The number of nitrogens with one attached hydrogen (secondary N) is 1. The number of halogens is 4. The van der Waals surface area contributed by atoms with Crippen molar-refractivity contribution in [3.05, 3.63) is 50.3 Å². The summed E-state index contributed by atoms with van der Waals surface area (Å²) in [5.74, 6) is -0.856. The Morgan fingerprint density at radius 1 is 1.39 bits per heavy atom. The van der Waals surface area contributed by atoms with E-state index in [1.54, 1.807) is 0 Å². The Kier molecular flexibility index (Phi) is 5.52. The summed E-state index contributed by atoms with van der Waals surface area (Å²) in [6.07, 6.45) is 1.37. The van der Waals surface area contributed by atoms with E-state index < -0.39 is 21.9 Å². The van der Waals surface area contributed by atoms with Crippen LogP contribution in [0.1, 0.15) is 18.5 Å². The number of nitrogens with two attached hydrogens (primary N) is 1. The Morgan fingerprint density at radius 3 is 2.70 bits per heavy atom. The maximum Gasteiger partial charge on any atom is 0.244 e. The minimum Gasteiger partial charge on any atom is -0.383 e. The molecule has 2 rings (SSSR count). The summed E-state index contributed by atoms with van der Waals surface area (Å²) in [6.45, 7) is 1.49. The van der Waals surface area contributed by atoms with Crippen LogP contribution < -0.4 is 10.5 Å². The normalized spacial score (nSPS) is 13.1. The summed E-state index contributed by atoms with van der Waals surface area (Å²) < 4.78 is 41.3. The summed E-state index contributed by atoms with van der Waals surface area (Å²) in [5.41, 5.74) is 5.75. The van der Waals surface area contributed by atoms with E-state index in [0.29, 0.717) is 4.47 Å². The largest absolute Gasteiger partial charge is 0.383 e. The Morgan fingerprint density at radius 2 is 2.04 bits per heavy atom. The molecule has 0 fully saturated rings. The van der Waals surface area contributed by atoms with Crippen LogP contribution >= 0.6 is 39.1 Å². The van der Waals surface area contributed by atoms with Crippen LogP contribution in [0.2, 0.25) is 10.0 Å². The van der Waals surface area contributed by atoms with Crippen molar-refractivity contribution in [1.82, 2.24) is 9.71 Å². The second kappa shape index (κ2) is 6.90. The number of hydrogen-bond donors (Lipinski definition) is 2. The molecular weight excluding hydrogens is 432 g/mol. The first-order chi connectivity index (χ1) is 10.6. The highest BCUT2D eigenvalue weighted by Gasteiger charge is 2.25. The zero-order valence-electron chi connectivity index (χ0n) is 11.6. The molecule has 0 aliphatic rings. The number of sulfonamides is 1. The van der Waals surface area contributed by atoms with E-state index in [4.69, 9.17) is 28.9 Å². The summed E-state index contributed by atoms with van der Waals surface area (Å²) >= 11 is 15.0. The quantitative estimate of drug-likeness (QED) is 0.703. The zero-order chi connectivity index (χ0) is 17.4. The number of nitrogen functional groups attached to an aromatic ring is 1. The van der Waals surface area contributed by atoms with Gasteiger partial charge in [-0.3, -0.25) is 0 Å². The van der Waals surface area contributed by atoms with Gasteiger partial charge >= 0.3 is 0 Å². The smallest absolute Gasteiger partial charge is 0.244 e. The molecular formula is C13H11BrCl2FN3O2S. The number of anilines is 1. The lowest BCUT2D eigenvalue weighted by molar-refractivity contribution is 0.564. The van der Waals surface area contributed by atoms with Crippen LogP contribution in [0.4, 0.5) is 10.2 Å². The summed E-state index contributed by atoms with van der Waals surface area (Å²) in [5, 5.41) is -0.0972. The maximum atomic E-state index is 13.6. The van der Waals surface area contributed by atoms with Gasteiger partial charge in [0.1, 0.15) is 16.5 Å². The molecule has 5 nitrogen and oxygen atoms in total. The predicted molar refractivity (Wildman–Crippen MR) is 91.5 cm³/mol. The highest BCUT2D eigenvalue weighted by Crippen LogP contribution is 2.33. The SMILES string of the molecule is CC(NS(=O)(=O)c1cc(Br)cnc1N)c1c(Cl)ccc(F)c1Cl. The lowest BCUT2D eigenvalue weighted by Crippen LogP contribution is -2.28. The van der Waals surface area contributed by atoms with Crippen LogP contribution in [0.25, 0.3) is 0 Å². The molecule has 1 aromatic heterocycles. The third-order valence-electron chi connectivity index (χ3n) is 2.98. The first-order valence-electron chi connectivity index (χ1n) is 6.20. The minimum absolute atomic E-state index is 0.137. The van der Waals surface area contributed by atoms with Crippen molar-refractivity contribution in [3.63, 3.8) is 0 Å². The van der Waals surface area contributed by atoms with Crippen molar-refractivity contribution >= 4 is 55.0 Å². The van der Waals surface area contributed by atoms with Gasteiger partial charge in [0.2, 0.25) is 10.0 Å². The van der Waals surface area contributed by atoms with Crippen molar-refractivity contribution in [1.29, 1.82) is 0 Å². The number of nitrogens with zero attached hydrogens (tertiary/aromatic N) is 1. The van der Waals surface area contributed by atoms with E-state index in [0.717, 1.165) is 6.07 Å². The molecule has 0 aliphatic carbocycles. The number of pyridine rings is 1. The summed E-state index contributed by atoms with van der Waals surface area (Å²) in [6, 6.07) is 2.84. The van der Waals surface area contributed by atoms with E-state index in [-0.39, 0.29) is 26.3 Å². The standard InChI is InChI=1S/C13H11BrCl2FN3O2S/c1-6(11-8(15)2-3-9(17)12(11)16)20-23(21,22)10-4-7(14)5-19-13(10)18/h2-6,20H,1H3,(H2,18,19). The Hall–Kier alpha value is -0.930. The molecule has 2 aromatic rings. The van der Waals surface area contributed by atoms with Gasteiger partial charge in [0.15, 0.2) is 0 Å². The zero-order valence-corrected chi connectivity index (χ0v) is 15.6. The Bertz CT molecular complexity index is 865. The number of rotatable bonds is 4. The first-order valence-corrected chi connectivity index (χ1v) is 9.23. The monoisotopic (exact) mass is 441 g/mol. The van der Waals surface area contributed by atoms with Crippen LogP contribution in [0, 0.1) is 5.82 Å². The fourth-order valence-electron chi connectivity index (χ4n) is 1.94. The third-order valence-corrected chi connectivity index (χ3v) is 5.70. The fraction of sp³-hybridized carbons (Fsp3) is 0.154. The van der Waals surface area contributed by atoms with Crippen LogP contribution in [0.3, 0.4) is 0 Å². The predicted octanol–water partition coefficient (Wildman–Crippen LogP) is 3.91. The van der Waals surface area contributed by atoms with Gasteiger partial charge in [-0.2, -0.15) is 0 Å². The minimum atomic E-state index is -4.01. The van der Waals surface area contributed by atoms with E-state index in [1.807, 2.05) is 0 Å².